The summed E-state index contributed by atoms with van der Waals surface area (Å²) in [6.07, 6.45) is 0. The van der Waals surface area contributed by atoms with Crippen LogP contribution in [-0.2, 0) is 0 Å². The van der Waals surface area contributed by atoms with Crippen LogP contribution in [0.4, 0.5) is 5.82 Å². The van der Waals surface area contributed by atoms with Gasteiger partial charge in [-0.1, -0.05) is 0 Å². The van der Waals surface area contributed by atoms with Crippen LogP contribution in [0.2, 0.25) is 0 Å². The Kier molecular flexibility index (Phi) is 1.93. The van der Waals surface area contributed by atoms with Gasteiger partial charge in [0, 0.05) is 10.9 Å². The highest BCUT2D eigenvalue weighted by Gasteiger charge is 2.07. The second-order valence-corrected chi connectivity index (χ2v) is 4.76. The summed E-state index contributed by atoms with van der Waals surface area (Å²) < 4.78 is 0. The molecule has 0 aliphatic rings. The van der Waals surface area contributed by atoms with Crippen LogP contribution >= 0.6 is 22.7 Å². The number of hydrogen-bond acceptors (Lipinski definition) is 5. The number of nitrogen functional groups attached to an aromatic ring is 1. The Morgan fingerprint density at radius 2 is 2.07 bits per heavy atom. The van der Waals surface area contributed by atoms with Gasteiger partial charge in [-0.25, -0.2) is 9.97 Å². The summed E-state index contributed by atoms with van der Waals surface area (Å²) in [5, 5.41) is 6.95. The van der Waals surface area contributed by atoms with Gasteiger partial charge in [-0.2, -0.15) is 11.3 Å². The number of anilines is 1. The molecule has 3 nitrogen and oxygen atoms in total. The standard InChI is InChI=1S/C10H7N3S2/c11-8-7-2-4-15-10(7)13-9(12-8)6-1-3-14-5-6/h1-5H,(H2,11,12,13). The van der Waals surface area contributed by atoms with Crippen LogP contribution in [0, 0.1) is 0 Å². The van der Waals surface area contributed by atoms with Crippen molar-refractivity contribution in [1.82, 2.24) is 9.97 Å². The minimum Gasteiger partial charge on any atom is -0.383 e. The maximum absolute atomic E-state index is 5.87. The molecule has 74 valence electrons. The van der Waals surface area contributed by atoms with Crippen molar-refractivity contribution < 1.29 is 0 Å². The fraction of sp³-hybridized carbons (Fsp3) is 0. The van der Waals surface area contributed by atoms with Gasteiger partial charge in [-0.05, 0) is 22.9 Å². The lowest BCUT2D eigenvalue weighted by Gasteiger charge is -1.99. The number of thiophene rings is 2. The van der Waals surface area contributed by atoms with Crippen LogP contribution < -0.4 is 5.73 Å². The monoisotopic (exact) mass is 233 g/mol. The lowest BCUT2D eigenvalue weighted by atomic mass is 10.3. The van der Waals surface area contributed by atoms with E-state index < -0.39 is 0 Å². The zero-order chi connectivity index (χ0) is 10.3. The van der Waals surface area contributed by atoms with Crippen LogP contribution in [-0.4, -0.2) is 9.97 Å². The molecule has 0 bridgehead atoms. The normalized spacial score (nSPS) is 10.9. The van der Waals surface area contributed by atoms with E-state index in [0.29, 0.717) is 11.6 Å². The Bertz CT molecular complexity index is 598. The summed E-state index contributed by atoms with van der Waals surface area (Å²) in [5.41, 5.74) is 6.90. The quantitative estimate of drug-likeness (QED) is 0.703. The van der Waals surface area contributed by atoms with Crippen LogP contribution in [0.3, 0.4) is 0 Å². The molecule has 0 unspecified atom stereocenters. The number of rotatable bonds is 1. The van der Waals surface area contributed by atoms with Crippen molar-refractivity contribution in [2.24, 2.45) is 0 Å². The van der Waals surface area contributed by atoms with E-state index in [-0.39, 0.29) is 0 Å². The van der Waals surface area contributed by atoms with E-state index in [9.17, 15) is 0 Å². The predicted molar refractivity (Wildman–Crippen MR) is 65.1 cm³/mol. The SMILES string of the molecule is Nc1nc(-c2ccsc2)nc2sccc12. The summed E-state index contributed by atoms with van der Waals surface area (Å²) in [4.78, 5) is 9.72. The molecule has 3 heterocycles. The van der Waals surface area contributed by atoms with E-state index in [2.05, 4.69) is 9.97 Å². The van der Waals surface area contributed by atoms with Crippen molar-refractivity contribution in [1.29, 1.82) is 0 Å². The largest absolute Gasteiger partial charge is 0.383 e. The number of nitrogens with two attached hydrogens (primary N) is 1. The minimum absolute atomic E-state index is 0.558. The van der Waals surface area contributed by atoms with Crippen LogP contribution in [0.15, 0.2) is 28.3 Å². The summed E-state index contributed by atoms with van der Waals surface area (Å²) in [6, 6.07) is 3.95. The topological polar surface area (TPSA) is 51.8 Å². The Morgan fingerprint density at radius 3 is 2.87 bits per heavy atom. The molecule has 0 saturated carbocycles. The average molecular weight is 233 g/mol. The molecule has 0 atom stereocenters. The van der Waals surface area contributed by atoms with Crippen LogP contribution in [0.5, 0.6) is 0 Å². The van der Waals surface area contributed by atoms with Gasteiger partial charge in [0.2, 0.25) is 0 Å². The van der Waals surface area contributed by atoms with Gasteiger partial charge in [-0.15, -0.1) is 11.3 Å². The molecule has 0 amide bonds. The molecule has 0 aliphatic carbocycles. The third-order valence-electron chi connectivity index (χ3n) is 2.13. The molecule has 3 aromatic rings. The van der Waals surface area contributed by atoms with Gasteiger partial charge >= 0.3 is 0 Å². The van der Waals surface area contributed by atoms with Gasteiger partial charge in [0.15, 0.2) is 5.82 Å². The van der Waals surface area contributed by atoms with Gasteiger partial charge in [-0.3, -0.25) is 0 Å². The second-order valence-electron chi connectivity index (χ2n) is 3.08. The van der Waals surface area contributed by atoms with Crippen LogP contribution in [0.1, 0.15) is 0 Å². The molecule has 3 aromatic heterocycles. The van der Waals surface area contributed by atoms with Gasteiger partial charge in [0.25, 0.3) is 0 Å². The number of hydrogen-bond donors (Lipinski definition) is 1. The van der Waals surface area contributed by atoms with Crippen LogP contribution in [0.25, 0.3) is 21.6 Å². The van der Waals surface area contributed by atoms with Crippen molar-refractivity contribution in [2.45, 2.75) is 0 Å². The number of fused-ring (bicyclic) bond motifs is 1. The fourth-order valence-corrected chi connectivity index (χ4v) is 2.81. The van der Waals surface area contributed by atoms with Gasteiger partial charge < -0.3 is 5.73 Å². The van der Waals surface area contributed by atoms with Gasteiger partial charge in [0.05, 0.1) is 5.39 Å². The minimum atomic E-state index is 0.558. The second kappa shape index (κ2) is 3.29. The molecule has 2 N–H and O–H groups in total. The summed E-state index contributed by atoms with van der Waals surface area (Å²) in [5.74, 6) is 1.27. The van der Waals surface area contributed by atoms with Crippen molar-refractivity contribution >= 4 is 38.7 Å². The van der Waals surface area contributed by atoms with E-state index in [1.54, 1.807) is 22.7 Å². The van der Waals surface area contributed by atoms with Crippen molar-refractivity contribution in [3.05, 3.63) is 28.3 Å². The molecule has 0 saturated heterocycles. The summed E-state index contributed by atoms with van der Waals surface area (Å²) >= 11 is 3.22. The van der Waals surface area contributed by atoms with Gasteiger partial charge in [0.1, 0.15) is 10.6 Å². The third-order valence-corrected chi connectivity index (χ3v) is 3.62. The number of aromatic nitrogens is 2. The highest BCUT2D eigenvalue weighted by atomic mass is 32.1. The first-order valence-corrected chi connectivity index (χ1v) is 6.20. The van der Waals surface area contributed by atoms with E-state index in [4.69, 9.17) is 5.73 Å². The molecule has 0 spiro atoms. The predicted octanol–water partition coefficient (Wildman–Crippen LogP) is 3.00. The lowest BCUT2D eigenvalue weighted by molar-refractivity contribution is 1.25. The molecule has 0 fully saturated rings. The van der Waals surface area contributed by atoms with E-state index in [1.165, 1.54) is 0 Å². The first-order valence-electron chi connectivity index (χ1n) is 4.38. The first kappa shape index (κ1) is 8.82. The third kappa shape index (κ3) is 1.40. The van der Waals surface area contributed by atoms with Crippen molar-refractivity contribution in [2.75, 3.05) is 5.73 Å². The number of nitrogens with zero attached hydrogens (tertiary/aromatic N) is 2. The van der Waals surface area contributed by atoms with E-state index in [0.717, 1.165) is 15.8 Å². The molecule has 0 radical (unpaired) electrons. The molecular weight excluding hydrogens is 226 g/mol. The maximum atomic E-state index is 5.87. The maximum Gasteiger partial charge on any atom is 0.163 e. The zero-order valence-corrected chi connectivity index (χ0v) is 9.31. The fourth-order valence-electron chi connectivity index (χ4n) is 1.40. The molecule has 3 rings (SSSR count). The highest BCUT2D eigenvalue weighted by Crippen LogP contribution is 2.27. The first-order chi connectivity index (χ1) is 7.34. The molecule has 15 heavy (non-hydrogen) atoms. The Hall–Kier alpha value is -1.46. The molecule has 5 heteroatoms. The Balaban J connectivity index is 2.29. The van der Waals surface area contributed by atoms with E-state index in [1.807, 2.05) is 28.3 Å². The summed E-state index contributed by atoms with van der Waals surface area (Å²) in [7, 11) is 0. The molecular formula is C10H7N3S2. The summed E-state index contributed by atoms with van der Waals surface area (Å²) in [6.45, 7) is 0. The van der Waals surface area contributed by atoms with E-state index >= 15 is 0 Å². The molecule has 0 aliphatic heterocycles. The Labute approximate surface area is 94.2 Å². The smallest absolute Gasteiger partial charge is 0.163 e. The highest BCUT2D eigenvalue weighted by molar-refractivity contribution is 7.16. The van der Waals surface area contributed by atoms with Crippen molar-refractivity contribution in [3.8, 4) is 11.4 Å². The van der Waals surface area contributed by atoms with Crippen molar-refractivity contribution in [3.63, 3.8) is 0 Å². The average Bonchev–Trinajstić information content (AvgIpc) is 2.88. The molecule has 0 aromatic carbocycles. The zero-order valence-electron chi connectivity index (χ0n) is 7.68. The Morgan fingerprint density at radius 1 is 1.13 bits per heavy atom. The lowest BCUT2D eigenvalue weighted by Crippen LogP contribution is -1.95.